The highest BCUT2D eigenvalue weighted by molar-refractivity contribution is 7.71. The van der Waals surface area contributed by atoms with Gasteiger partial charge in [0.25, 0.3) is 0 Å². The van der Waals surface area contributed by atoms with Gasteiger partial charge in [0.15, 0.2) is 11.5 Å². The Balaban J connectivity index is 2.78. The van der Waals surface area contributed by atoms with Crippen LogP contribution in [0, 0.1) is 11.6 Å². The lowest BCUT2D eigenvalue weighted by Gasteiger charge is -2.09. The van der Waals surface area contributed by atoms with Gasteiger partial charge in [-0.1, -0.05) is 12.2 Å². The molecule has 0 radical (unpaired) electrons. The van der Waals surface area contributed by atoms with Gasteiger partial charge >= 0.3 is 0 Å². The Morgan fingerprint density at radius 1 is 1.19 bits per heavy atom. The first-order valence-electron chi connectivity index (χ1n) is 4.78. The first-order valence-corrected chi connectivity index (χ1v) is 5.19. The average molecular weight is 236 g/mol. The summed E-state index contributed by atoms with van der Waals surface area (Å²) in [5.74, 6) is 1.32. The van der Waals surface area contributed by atoms with Gasteiger partial charge in [-0.05, 0) is 6.92 Å². The summed E-state index contributed by atoms with van der Waals surface area (Å²) in [6, 6.07) is 3.66. The van der Waals surface area contributed by atoms with Crippen molar-refractivity contribution in [2.45, 2.75) is 6.92 Å². The van der Waals surface area contributed by atoms with Crippen molar-refractivity contribution in [2.24, 2.45) is 0 Å². The summed E-state index contributed by atoms with van der Waals surface area (Å²) in [5, 5.41) is 0. The predicted molar refractivity (Wildman–Crippen MR) is 64.8 cm³/mol. The van der Waals surface area contributed by atoms with Crippen molar-refractivity contribution in [3.05, 3.63) is 22.5 Å². The predicted octanol–water partition coefficient (Wildman–Crippen LogP) is 2.62. The van der Waals surface area contributed by atoms with Gasteiger partial charge in [-0.15, -0.1) is 0 Å². The second-order valence-electron chi connectivity index (χ2n) is 3.38. The number of H-pyrrole nitrogens is 1. The van der Waals surface area contributed by atoms with Gasteiger partial charge in [0.05, 0.1) is 30.9 Å². The maximum atomic E-state index is 5.21. The number of aromatic amines is 1. The van der Waals surface area contributed by atoms with Gasteiger partial charge in [0, 0.05) is 12.1 Å². The van der Waals surface area contributed by atoms with Gasteiger partial charge < -0.3 is 14.5 Å². The van der Waals surface area contributed by atoms with Crippen LogP contribution < -0.4 is 9.47 Å². The number of methoxy groups -OCH3 is 2. The minimum absolute atomic E-state index is 0.639. The van der Waals surface area contributed by atoms with Crippen LogP contribution in [-0.2, 0) is 0 Å². The Morgan fingerprint density at radius 2 is 1.81 bits per heavy atom. The Morgan fingerprint density at radius 3 is 2.44 bits per heavy atom. The number of hydrogen-bond donors (Lipinski definition) is 1. The second-order valence-corrected chi connectivity index (χ2v) is 3.78. The van der Waals surface area contributed by atoms with Crippen LogP contribution in [0.15, 0.2) is 12.1 Å². The molecule has 1 heterocycles. The van der Waals surface area contributed by atoms with Gasteiger partial charge in [-0.25, -0.2) is 4.98 Å². The fraction of sp³-hybridized carbons (Fsp3) is 0.273. The molecule has 0 fully saturated rings. The van der Waals surface area contributed by atoms with Crippen LogP contribution >= 0.6 is 12.2 Å². The number of nitrogens with zero attached hydrogens (tertiary/aromatic N) is 1. The molecular weight excluding hydrogens is 224 g/mol. The first-order chi connectivity index (χ1) is 7.65. The normalized spacial score (nSPS) is 10.4. The minimum atomic E-state index is 0.639. The Kier molecular flexibility index (Phi) is 2.78. The van der Waals surface area contributed by atoms with Gasteiger partial charge in [-0.3, -0.25) is 0 Å². The minimum Gasteiger partial charge on any atom is -0.493 e. The lowest BCUT2D eigenvalue weighted by molar-refractivity contribution is 0.355. The monoisotopic (exact) mass is 236 g/mol. The van der Waals surface area contributed by atoms with Crippen molar-refractivity contribution >= 4 is 23.3 Å². The highest BCUT2D eigenvalue weighted by Gasteiger charge is 2.07. The summed E-state index contributed by atoms with van der Waals surface area (Å²) in [6.45, 7) is 1.87. The molecule has 0 bridgehead atoms. The molecule has 0 atom stereocenters. The summed E-state index contributed by atoms with van der Waals surface area (Å²) >= 11 is 5.13. The molecule has 5 heteroatoms. The van der Waals surface area contributed by atoms with Crippen molar-refractivity contribution in [1.29, 1.82) is 0 Å². The largest absolute Gasteiger partial charge is 0.493 e. The lowest BCUT2D eigenvalue weighted by atomic mass is 10.2. The van der Waals surface area contributed by atoms with Crippen LogP contribution in [0.3, 0.4) is 0 Å². The van der Waals surface area contributed by atoms with E-state index in [1.165, 1.54) is 0 Å². The average Bonchev–Trinajstić information content (AvgIpc) is 2.29. The molecule has 1 aromatic carbocycles. The number of nitrogens with one attached hydrogen (secondary N) is 1. The topological polar surface area (TPSA) is 47.1 Å². The van der Waals surface area contributed by atoms with E-state index in [1.54, 1.807) is 14.2 Å². The van der Waals surface area contributed by atoms with E-state index in [0.717, 1.165) is 16.7 Å². The highest BCUT2D eigenvalue weighted by Crippen LogP contribution is 2.30. The van der Waals surface area contributed by atoms with E-state index in [4.69, 9.17) is 21.7 Å². The third kappa shape index (κ3) is 1.74. The molecule has 2 rings (SSSR count). The zero-order valence-corrected chi connectivity index (χ0v) is 10.1. The van der Waals surface area contributed by atoms with Crippen LogP contribution in [0.5, 0.6) is 11.5 Å². The molecule has 0 aliphatic rings. The summed E-state index contributed by atoms with van der Waals surface area (Å²) in [5.41, 5.74) is 2.45. The molecule has 16 heavy (non-hydrogen) atoms. The molecule has 0 aliphatic carbocycles. The Hall–Kier alpha value is -1.62. The number of fused-ring (bicyclic) bond motifs is 1. The summed E-state index contributed by atoms with van der Waals surface area (Å²) in [6.07, 6.45) is 0. The van der Waals surface area contributed by atoms with E-state index in [2.05, 4.69) is 9.97 Å². The number of aromatic nitrogens is 2. The third-order valence-corrected chi connectivity index (χ3v) is 2.76. The SMILES string of the molecule is COc1cc2nc(C)c(=S)[nH]c2cc1OC. The number of hydrogen-bond acceptors (Lipinski definition) is 4. The first kappa shape index (κ1) is 10.9. The molecular formula is C11H12N2O2S. The molecule has 0 spiro atoms. The maximum Gasteiger partial charge on any atom is 0.163 e. The van der Waals surface area contributed by atoms with Crippen molar-refractivity contribution in [3.63, 3.8) is 0 Å². The Bertz CT molecular complexity index is 592. The van der Waals surface area contributed by atoms with Crippen LogP contribution in [0.25, 0.3) is 11.0 Å². The summed E-state index contributed by atoms with van der Waals surface area (Å²) < 4.78 is 11.1. The van der Waals surface area contributed by atoms with Gasteiger partial charge in [0.1, 0.15) is 4.64 Å². The van der Waals surface area contributed by atoms with E-state index >= 15 is 0 Å². The number of aryl methyl sites for hydroxylation is 1. The quantitative estimate of drug-likeness (QED) is 0.814. The molecule has 0 aliphatic heterocycles. The smallest absolute Gasteiger partial charge is 0.163 e. The van der Waals surface area contributed by atoms with Gasteiger partial charge in [0.2, 0.25) is 0 Å². The third-order valence-electron chi connectivity index (χ3n) is 2.37. The molecule has 2 aromatic rings. The standard InChI is InChI=1S/C11H12N2O2S/c1-6-11(16)13-8-5-10(15-3)9(14-2)4-7(8)12-6/h4-5H,1-3H3,(H,13,16). The van der Waals surface area contributed by atoms with Crippen LogP contribution in [0.1, 0.15) is 5.69 Å². The van der Waals surface area contributed by atoms with E-state index in [-0.39, 0.29) is 0 Å². The highest BCUT2D eigenvalue weighted by atomic mass is 32.1. The number of ether oxygens (including phenoxy) is 2. The van der Waals surface area contributed by atoms with E-state index in [1.807, 2.05) is 19.1 Å². The zero-order chi connectivity index (χ0) is 11.7. The molecule has 1 N–H and O–H groups in total. The maximum absolute atomic E-state index is 5.21. The van der Waals surface area contributed by atoms with Gasteiger partial charge in [-0.2, -0.15) is 0 Å². The molecule has 0 unspecified atom stereocenters. The van der Waals surface area contributed by atoms with Crippen molar-refractivity contribution in [1.82, 2.24) is 9.97 Å². The van der Waals surface area contributed by atoms with Crippen molar-refractivity contribution in [2.75, 3.05) is 14.2 Å². The fourth-order valence-corrected chi connectivity index (χ4v) is 1.66. The molecule has 84 valence electrons. The van der Waals surface area contributed by atoms with E-state index in [0.29, 0.717) is 16.1 Å². The second kappa shape index (κ2) is 4.09. The zero-order valence-electron chi connectivity index (χ0n) is 9.33. The van der Waals surface area contributed by atoms with Crippen molar-refractivity contribution < 1.29 is 9.47 Å². The lowest BCUT2D eigenvalue weighted by Crippen LogP contribution is -1.94. The van der Waals surface area contributed by atoms with E-state index < -0.39 is 0 Å². The molecule has 0 amide bonds. The fourth-order valence-electron chi connectivity index (χ4n) is 1.51. The molecule has 0 saturated heterocycles. The summed E-state index contributed by atoms with van der Waals surface area (Å²) in [4.78, 5) is 7.49. The van der Waals surface area contributed by atoms with Crippen LogP contribution in [0.4, 0.5) is 0 Å². The van der Waals surface area contributed by atoms with E-state index in [9.17, 15) is 0 Å². The molecule has 0 saturated carbocycles. The Labute approximate surface area is 98.2 Å². The van der Waals surface area contributed by atoms with Crippen LogP contribution in [0.2, 0.25) is 0 Å². The summed E-state index contributed by atoms with van der Waals surface area (Å²) in [7, 11) is 3.20. The molecule has 1 aromatic heterocycles. The number of rotatable bonds is 2. The van der Waals surface area contributed by atoms with Crippen molar-refractivity contribution in [3.8, 4) is 11.5 Å². The van der Waals surface area contributed by atoms with Crippen LogP contribution in [-0.4, -0.2) is 24.2 Å². The number of benzene rings is 1. The molecule has 4 nitrogen and oxygen atoms in total.